The van der Waals surface area contributed by atoms with Crippen LogP contribution in [-0.2, 0) is 19.4 Å². The Hall–Kier alpha value is 1.23. The second kappa shape index (κ2) is 5.23. The van der Waals surface area contributed by atoms with Crippen molar-refractivity contribution in [1.29, 1.82) is 0 Å². The minimum atomic E-state index is -2.86. The van der Waals surface area contributed by atoms with E-state index in [-0.39, 0.29) is 39.9 Å². The minimum Gasteiger partial charge on any atom is -0.439 e. The quantitative estimate of drug-likeness (QED) is 0.360. The SMILES string of the molecule is O=[S-](=O)O.[Gd]. The largest absolute Gasteiger partial charge is 0.439 e. The Morgan fingerprint density at radius 3 is 1.40 bits per heavy atom. The van der Waals surface area contributed by atoms with Gasteiger partial charge in [0.2, 0.25) is 0 Å². The molecule has 34 valence electrons. The van der Waals surface area contributed by atoms with Crippen LogP contribution in [0.5, 0.6) is 0 Å². The standard InChI is InChI=1S/Gd.HO3S/c;1-4(2)3/h;(H,1,2,3)/q;-1. The number of rotatable bonds is 0. The Morgan fingerprint density at radius 2 is 1.40 bits per heavy atom. The first-order valence-electron chi connectivity index (χ1n) is 0.516. The van der Waals surface area contributed by atoms with Gasteiger partial charge in [-0.15, -0.1) is 0 Å². The van der Waals surface area contributed by atoms with Crippen LogP contribution in [-0.4, -0.2) is 4.55 Å². The van der Waals surface area contributed by atoms with Crippen LogP contribution in [0, 0.1) is 39.9 Å². The first-order valence-corrected chi connectivity index (χ1v) is 1.55. The Morgan fingerprint density at radius 1 is 1.40 bits per heavy atom. The average Bonchev–Trinajstić information content (AvgIpc) is 0.811. The van der Waals surface area contributed by atoms with Crippen LogP contribution in [0.4, 0.5) is 0 Å². The normalized spacial score (nSPS) is 6.80. The van der Waals surface area contributed by atoms with Crippen LogP contribution in [0.1, 0.15) is 0 Å². The van der Waals surface area contributed by atoms with Crippen molar-refractivity contribution in [2.24, 2.45) is 0 Å². The molecule has 3 nitrogen and oxygen atoms in total. The zero-order chi connectivity index (χ0) is 3.58. The fourth-order valence-corrected chi connectivity index (χ4v) is 0. The van der Waals surface area contributed by atoms with Crippen molar-refractivity contribution in [2.45, 2.75) is 0 Å². The molecule has 0 aromatic heterocycles. The Balaban J connectivity index is 0. The van der Waals surface area contributed by atoms with Crippen molar-refractivity contribution >= 4 is 11.0 Å². The molecule has 0 aliphatic rings. The molecule has 0 saturated heterocycles. The maximum absolute atomic E-state index is 8.56. The molecule has 0 aromatic rings. The van der Waals surface area contributed by atoms with Gasteiger partial charge in [-0.1, -0.05) is 0 Å². The van der Waals surface area contributed by atoms with E-state index in [9.17, 15) is 0 Å². The van der Waals surface area contributed by atoms with Gasteiger partial charge in [-0.05, 0) is 0 Å². The molecule has 0 atom stereocenters. The molecular formula is HGdO3S-. The number of hydrogen-bond donors (Lipinski definition) is 1. The molecule has 0 aliphatic carbocycles. The Bertz CT molecular complexity index is 55.3. The van der Waals surface area contributed by atoms with Gasteiger partial charge < -0.3 is 13.0 Å². The summed E-state index contributed by atoms with van der Waals surface area (Å²) in [5.41, 5.74) is 0. The van der Waals surface area contributed by atoms with Crippen molar-refractivity contribution in [3.05, 3.63) is 0 Å². The van der Waals surface area contributed by atoms with E-state index in [1.165, 1.54) is 0 Å². The van der Waals surface area contributed by atoms with E-state index in [0.29, 0.717) is 0 Å². The minimum absolute atomic E-state index is 0. The second-order valence-electron chi connectivity index (χ2n) is 0.217. The zero-order valence-electron chi connectivity index (χ0n) is 2.03. The molecule has 5 heavy (non-hydrogen) atoms. The summed E-state index contributed by atoms with van der Waals surface area (Å²) in [6, 6.07) is 0. The smallest absolute Gasteiger partial charge is 0.0495 e. The van der Waals surface area contributed by atoms with E-state index in [2.05, 4.69) is 0 Å². The fourth-order valence-electron chi connectivity index (χ4n) is 0. The molecular weight excluding hydrogens is 237 g/mol. The predicted octanol–water partition coefficient (Wildman–Crippen LogP) is -0.231. The van der Waals surface area contributed by atoms with Gasteiger partial charge in [0.25, 0.3) is 0 Å². The average molecular weight is 238 g/mol. The van der Waals surface area contributed by atoms with Gasteiger partial charge in [-0.25, -0.2) is 0 Å². The first-order chi connectivity index (χ1) is 1.73. The summed E-state index contributed by atoms with van der Waals surface area (Å²) in [5, 5.41) is 0. The van der Waals surface area contributed by atoms with E-state index in [0.717, 1.165) is 0 Å². The molecule has 0 saturated carbocycles. The van der Waals surface area contributed by atoms with Crippen molar-refractivity contribution in [3.8, 4) is 0 Å². The topological polar surface area (TPSA) is 54.4 Å². The molecule has 0 heterocycles. The zero-order valence-corrected chi connectivity index (χ0v) is 5.11. The molecule has 0 unspecified atom stereocenters. The summed E-state index contributed by atoms with van der Waals surface area (Å²) in [4.78, 5) is 0. The van der Waals surface area contributed by atoms with E-state index >= 15 is 0 Å². The Labute approximate surface area is 63.2 Å². The maximum atomic E-state index is 8.56. The maximum Gasteiger partial charge on any atom is 0.0495 e. The molecule has 0 aliphatic heterocycles. The molecule has 0 rings (SSSR count). The summed E-state index contributed by atoms with van der Waals surface area (Å²) in [6.07, 6.45) is 0. The van der Waals surface area contributed by atoms with Crippen LogP contribution in [0.3, 0.4) is 0 Å². The van der Waals surface area contributed by atoms with Crippen LogP contribution in [0.15, 0.2) is 0 Å². The third-order valence-corrected chi connectivity index (χ3v) is 0. The van der Waals surface area contributed by atoms with E-state index in [4.69, 9.17) is 13.0 Å². The van der Waals surface area contributed by atoms with Gasteiger partial charge in [0.15, 0.2) is 0 Å². The van der Waals surface area contributed by atoms with Crippen molar-refractivity contribution in [3.63, 3.8) is 0 Å². The molecule has 0 fully saturated rings. The molecule has 0 bridgehead atoms. The van der Waals surface area contributed by atoms with Gasteiger partial charge >= 0.3 is 0 Å². The van der Waals surface area contributed by atoms with Crippen molar-refractivity contribution in [1.82, 2.24) is 0 Å². The first kappa shape index (κ1) is 9.53. The van der Waals surface area contributed by atoms with Crippen LogP contribution in [0.25, 0.3) is 0 Å². The van der Waals surface area contributed by atoms with Gasteiger partial charge in [0.05, 0.1) is 0 Å². The van der Waals surface area contributed by atoms with Crippen molar-refractivity contribution in [2.75, 3.05) is 0 Å². The molecule has 0 spiro atoms. The Kier molecular flexibility index (Phi) is 9.97. The second-order valence-corrected chi connectivity index (χ2v) is 0.651. The molecule has 5 heteroatoms. The van der Waals surface area contributed by atoms with Crippen LogP contribution < -0.4 is 0 Å². The summed E-state index contributed by atoms with van der Waals surface area (Å²) < 4.78 is 24.1. The van der Waals surface area contributed by atoms with E-state index in [1.54, 1.807) is 0 Å². The fraction of sp³-hybridized carbons (Fsp3) is 0. The van der Waals surface area contributed by atoms with Gasteiger partial charge in [0, 0.05) is 50.9 Å². The molecule has 0 radical (unpaired) electrons. The molecule has 1 N–H and O–H groups in total. The number of hydrogen-bond acceptors (Lipinski definition) is 3. The summed E-state index contributed by atoms with van der Waals surface area (Å²) >= 11 is 0. The van der Waals surface area contributed by atoms with Crippen molar-refractivity contribution < 1.29 is 52.9 Å². The summed E-state index contributed by atoms with van der Waals surface area (Å²) in [5.74, 6) is 0. The summed E-state index contributed by atoms with van der Waals surface area (Å²) in [6.45, 7) is 0. The van der Waals surface area contributed by atoms with Gasteiger partial charge in [-0.2, -0.15) is 0 Å². The summed E-state index contributed by atoms with van der Waals surface area (Å²) in [7, 11) is -2.86. The van der Waals surface area contributed by atoms with E-state index in [1.807, 2.05) is 0 Å². The van der Waals surface area contributed by atoms with E-state index < -0.39 is 11.0 Å². The van der Waals surface area contributed by atoms with Crippen LogP contribution in [0.2, 0.25) is 0 Å². The van der Waals surface area contributed by atoms with Gasteiger partial charge in [0.1, 0.15) is 0 Å². The van der Waals surface area contributed by atoms with Gasteiger partial charge in [-0.3, -0.25) is 0 Å². The monoisotopic (exact) mass is 239 g/mol. The molecule has 0 aromatic carbocycles. The molecule has 0 amide bonds. The predicted molar refractivity (Wildman–Crippen MR) is 11.4 cm³/mol. The third-order valence-electron chi connectivity index (χ3n) is 0. The van der Waals surface area contributed by atoms with Crippen LogP contribution >= 0.6 is 0 Å². The third kappa shape index (κ3) is 35.9.